The van der Waals surface area contributed by atoms with Crippen LogP contribution in [0, 0.1) is 5.82 Å². The fourth-order valence-electron chi connectivity index (χ4n) is 1.69. The Hall–Kier alpha value is -0.990. The van der Waals surface area contributed by atoms with E-state index < -0.39 is 25.7 Å². The monoisotopic (exact) mass is 293 g/mol. The summed E-state index contributed by atoms with van der Waals surface area (Å²) < 4.78 is 60.5. The lowest BCUT2D eigenvalue weighted by molar-refractivity contribution is 0.430. The van der Waals surface area contributed by atoms with Gasteiger partial charge < -0.3 is 0 Å². The molecule has 18 heavy (non-hydrogen) atoms. The van der Waals surface area contributed by atoms with Crippen LogP contribution in [0.1, 0.15) is 0 Å². The normalized spacial score (nSPS) is 20.7. The molecule has 2 rings (SSSR count). The smallest absolute Gasteiger partial charge is 0.229 e. The van der Waals surface area contributed by atoms with E-state index >= 15 is 0 Å². The van der Waals surface area contributed by atoms with Gasteiger partial charge in [-0.15, -0.1) is 0 Å². The standard InChI is InChI=1S/C10H12FNO4S2/c11-9-1-3-10(4-2-9)18(15,16)12-5-7-17(13,14)8-6-12/h1-4H,5-8H2. The Morgan fingerprint density at radius 1 is 1.06 bits per heavy atom. The van der Waals surface area contributed by atoms with Gasteiger partial charge in [0.15, 0.2) is 9.84 Å². The molecule has 8 heteroatoms. The Balaban J connectivity index is 2.25. The highest BCUT2D eigenvalue weighted by Crippen LogP contribution is 2.18. The third-order valence-corrected chi connectivity index (χ3v) is 6.28. The summed E-state index contributed by atoms with van der Waals surface area (Å²) in [6.45, 7) is -0.107. The van der Waals surface area contributed by atoms with Crippen LogP contribution in [-0.4, -0.2) is 45.7 Å². The van der Waals surface area contributed by atoms with Gasteiger partial charge in [-0.25, -0.2) is 21.2 Å². The predicted molar refractivity (Wildman–Crippen MR) is 63.8 cm³/mol. The molecule has 0 atom stereocenters. The van der Waals surface area contributed by atoms with Crippen LogP contribution < -0.4 is 0 Å². The van der Waals surface area contributed by atoms with Crippen molar-refractivity contribution in [3.63, 3.8) is 0 Å². The van der Waals surface area contributed by atoms with Crippen molar-refractivity contribution < 1.29 is 21.2 Å². The van der Waals surface area contributed by atoms with Crippen molar-refractivity contribution in [2.24, 2.45) is 0 Å². The van der Waals surface area contributed by atoms with Gasteiger partial charge in [-0.3, -0.25) is 0 Å². The molecule has 0 amide bonds. The van der Waals surface area contributed by atoms with Crippen molar-refractivity contribution in [2.45, 2.75) is 4.90 Å². The second kappa shape index (κ2) is 4.60. The van der Waals surface area contributed by atoms with Crippen molar-refractivity contribution in [1.82, 2.24) is 4.31 Å². The molecule has 0 aliphatic carbocycles. The quantitative estimate of drug-likeness (QED) is 0.783. The minimum atomic E-state index is -3.73. The van der Waals surface area contributed by atoms with E-state index in [9.17, 15) is 21.2 Å². The van der Waals surface area contributed by atoms with E-state index in [2.05, 4.69) is 0 Å². The SMILES string of the molecule is O=S1(=O)CCN(S(=O)(=O)c2ccc(F)cc2)CC1. The Kier molecular flexibility index (Phi) is 3.43. The van der Waals surface area contributed by atoms with E-state index in [1.807, 2.05) is 0 Å². The first kappa shape index (κ1) is 13.4. The van der Waals surface area contributed by atoms with Crippen molar-refractivity contribution >= 4 is 19.9 Å². The first-order valence-electron chi connectivity index (χ1n) is 5.27. The highest BCUT2D eigenvalue weighted by molar-refractivity contribution is 7.92. The average Bonchev–Trinajstić information content (AvgIpc) is 2.29. The summed E-state index contributed by atoms with van der Waals surface area (Å²) in [6.07, 6.45) is 0. The van der Waals surface area contributed by atoms with Gasteiger partial charge in [0.1, 0.15) is 5.82 Å². The number of sulfone groups is 1. The van der Waals surface area contributed by atoms with Crippen molar-refractivity contribution in [3.05, 3.63) is 30.1 Å². The van der Waals surface area contributed by atoms with E-state index in [1.165, 1.54) is 12.1 Å². The summed E-state index contributed by atoms with van der Waals surface area (Å²) in [5.74, 6) is -0.865. The van der Waals surface area contributed by atoms with Gasteiger partial charge in [0.25, 0.3) is 0 Å². The molecule has 0 N–H and O–H groups in total. The molecule has 0 aromatic heterocycles. The van der Waals surface area contributed by atoms with E-state index in [0.29, 0.717) is 0 Å². The van der Waals surface area contributed by atoms with Crippen LogP contribution in [-0.2, 0) is 19.9 Å². The topological polar surface area (TPSA) is 71.5 Å². The molecule has 1 aromatic carbocycles. The van der Waals surface area contributed by atoms with Gasteiger partial charge in [-0.1, -0.05) is 0 Å². The molecular weight excluding hydrogens is 281 g/mol. The Labute approximate surface area is 105 Å². The number of rotatable bonds is 2. The molecule has 0 radical (unpaired) electrons. The molecule has 100 valence electrons. The van der Waals surface area contributed by atoms with Crippen LogP contribution in [0.25, 0.3) is 0 Å². The lowest BCUT2D eigenvalue weighted by atomic mass is 10.4. The van der Waals surface area contributed by atoms with E-state index in [0.717, 1.165) is 16.4 Å². The molecule has 0 bridgehead atoms. The summed E-state index contributed by atoms with van der Waals surface area (Å²) >= 11 is 0. The number of benzene rings is 1. The molecule has 1 heterocycles. The van der Waals surface area contributed by atoms with E-state index in [-0.39, 0.29) is 29.5 Å². The summed E-state index contributed by atoms with van der Waals surface area (Å²) in [6, 6.07) is 4.47. The lowest BCUT2D eigenvalue weighted by Crippen LogP contribution is -2.43. The second-order valence-electron chi connectivity index (χ2n) is 4.01. The minimum absolute atomic E-state index is 0.0248. The zero-order chi connectivity index (χ0) is 13.4. The molecule has 1 aliphatic heterocycles. The zero-order valence-corrected chi connectivity index (χ0v) is 11.0. The van der Waals surface area contributed by atoms with Crippen molar-refractivity contribution in [1.29, 1.82) is 0 Å². The van der Waals surface area contributed by atoms with Crippen molar-refractivity contribution in [3.8, 4) is 0 Å². The van der Waals surface area contributed by atoms with Crippen molar-refractivity contribution in [2.75, 3.05) is 24.6 Å². The third kappa shape index (κ3) is 2.70. The van der Waals surface area contributed by atoms with Gasteiger partial charge in [0.2, 0.25) is 10.0 Å². The van der Waals surface area contributed by atoms with Gasteiger partial charge in [-0.2, -0.15) is 4.31 Å². The molecule has 0 unspecified atom stereocenters. The summed E-state index contributed by atoms with van der Waals surface area (Å²) in [4.78, 5) is -0.0248. The number of hydrogen-bond acceptors (Lipinski definition) is 4. The zero-order valence-electron chi connectivity index (χ0n) is 9.41. The van der Waals surface area contributed by atoms with Crippen LogP contribution in [0.2, 0.25) is 0 Å². The van der Waals surface area contributed by atoms with Gasteiger partial charge in [0.05, 0.1) is 16.4 Å². The molecule has 1 aromatic rings. The lowest BCUT2D eigenvalue weighted by Gasteiger charge is -2.25. The molecule has 1 fully saturated rings. The highest BCUT2D eigenvalue weighted by Gasteiger charge is 2.30. The Morgan fingerprint density at radius 2 is 1.56 bits per heavy atom. The molecule has 0 saturated carbocycles. The first-order chi connectivity index (χ1) is 8.31. The number of hydrogen-bond donors (Lipinski definition) is 0. The van der Waals surface area contributed by atoms with Crippen LogP contribution in [0.5, 0.6) is 0 Å². The van der Waals surface area contributed by atoms with Crippen LogP contribution in [0.15, 0.2) is 29.2 Å². The fourth-order valence-corrected chi connectivity index (χ4v) is 4.57. The fraction of sp³-hybridized carbons (Fsp3) is 0.400. The first-order valence-corrected chi connectivity index (χ1v) is 8.53. The molecule has 1 saturated heterocycles. The summed E-state index contributed by atoms with van der Waals surface area (Å²) in [5.41, 5.74) is 0. The maximum absolute atomic E-state index is 12.7. The maximum Gasteiger partial charge on any atom is 0.243 e. The van der Waals surface area contributed by atoms with E-state index in [1.54, 1.807) is 0 Å². The highest BCUT2D eigenvalue weighted by atomic mass is 32.2. The minimum Gasteiger partial charge on any atom is -0.229 e. The van der Waals surface area contributed by atoms with Crippen LogP contribution in [0.4, 0.5) is 4.39 Å². The predicted octanol–water partition coefficient (Wildman–Crippen LogP) is 0.245. The second-order valence-corrected chi connectivity index (χ2v) is 8.25. The Morgan fingerprint density at radius 3 is 2.06 bits per heavy atom. The third-order valence-electron chi connectivity index (χ3n) is 2.75. The van der Waals surface area contributed by atoms with Gasteiger partial charge in [-0.05, 0) is 24.3 Å². The molecule has 0 spiro atoms. The number of nitrogens with zero attached hydrogens (tertiary/aromatic N) is 1. The largest absolute Gasteiger partial charge is 0.243 e. The van der Waals surface area contributed by atoms with Gasteiger partial charge >= 0.3 is 0 Å². The molecule has 1 aliphatic rings. The van der Waals surface area contributed by atoms with Gasteiger partial charge in [0, 0.05) is 13.1 Å². The van der Waals surface area contributed by atoms with Crippen LogP contribution in [0.3, 0.4) is 0 Å². The molecular formula is C10H12FNO4S2. The molecule has 5 nitrogen and oxygen atoms in total. The number of sulfonamides is 1. The Bertz CT molecular complexity index is 623. The number of halogens is 1. The van der Waals surface area contributed by atoms with E-state index in [4.69, 9.17) is 0 Å². The average molecular weight is 293 g/mol. The maximum atomic E-state index is 12.7. The summed E-state index contributed by atoms with van der Waals surface area (Å²) in [5, 5.41) is 0. The summed E-state index contributed by atoms with van der Waals surface area (Å²) in [7, 11) is -6.86. The van der Waals surface area contributed by atoms with Crippen LogP contribution >= 0.6 is 0 Å².